The molecule has 0 aromatic rings. The van der Waals surface area contributed by atoms with Gasteiger partial charge in [0.2, 0.25) is 5.78 Å². The Balaban J connectivity index is 4.24. The SMILES string of the molecule is CCO/C(Cl)=C\C(=O)C(Cl)(Cl)Cl. The first-order valence-electron chi connectivity index (χ1n) is 2.99. The molecule has 2 nitrogen and oxygen atoms in total. The maximum atomic E-state index is 10.9. The zero-order valence-electron chi connectivity index (χ0n) is 6.11. The van der Waals surface area contributed by atoms with E-state index in [0.717, 1.165) is 6.08 Å². The van der Waals surface area contributed by atoms with Gasteiger partial charge in [0.15, 0.2) is 5.22 Å². The summed E-state index contributed by atoms with van der Waals surface area (Å²) < 4.78 is 2.76. The molecule has 0 heterocycles. The van der Waals surface area contributed by atoms with Gasteiger partial charge in [-0.05, 0) is 18.5 Å². The molecule has 0 aliphatic heterocycles. The number of alkyl halides is 3. The fourth-order valence-corrected chi connectivity index (χ4v) is 0.736. The Morgan fingerprint density at radius 3 is 2.33 bits per heavy atom. The summed E-state index contributed by atoms with van der Waals surface area (Å²) >= 11 is 21.2. The summed E-state index contributed by atoms with van der Waals surface area (Å²) in [6.45, 7) is 2.07. The Hall–Kier alpha value is 0.370. The number of ether oxygens (including phenoxy) is 1. The first-order chi connectivity index (χ1) is 5.38. The number of rotatable bonds is 3. The van der Waals surface area contributed by atoms with E-state index >= 15 is 0 Å². The van der Waals surface area contributed by atoms with Gasteiger partial charge >= 0.3 is 0 Å². The van der Waals surface area contributed by atoms with E-state index < -0.39 is 9.58 Å². The molecule has 6 heteroatoms. The van der Waals surface area contributed by atoms with Crippen LogP contribution in [-0.2, 0) is 9.53 Å². The van der Waals surface area contributed by atoms with Crippen molar-refractivity contribution in [2.45, 2.75) is 10.7 Å². The van der Waals surface area contributed by atoms with E-state index in [9.17, 15) is 4.79 Å². The zero-order chi connectivity index (χ0) is 9.78. The highest BCUT2D eigenvalue weighted by atomic mass is 35.6. The molecule has 70 valence electrons. The molecule has 0 spiro atoms. The van der Waals surface area contributed by atoms with Crippen LogP contribution in [0, 0.1) is 0 Å². The summed E-state index contributed by atoms with van der Waals surface area (Å²) in [4.78, 5) is 10.9. The molecule has 0 atom stereocenters. The van der Waals surface area contributed by atoms with Crippen molar-refractivity contribution in [2.24, 2.45) is 0 Å². The van der Waals surface area contributed by atoms with Crippen LogP contribution in [0.3, 0.4) is 0 Å². The van der Waals surface area contributed by atoms with Crippen LogP contribution in [0.1, 0.15) is 6.92 Å². The summed E-state index contributed by atoms with van der Waals surface area (Å²) in [6.07, 6.45) is 0.929. The third-order valence-corrected chi connectivity index (χ3v) is 1.58. The minimum absolute atomic E-state index is 0.0891. The molecule has 0 aliphatic carbocycles. The zero-order valence-corrected chi connectivity index (χ0v) is 9.14. The second-order valence-corrected chi connectivity index (χ2v) is 4.40. The Bertz CT molecular complexity index is 194. The first kappa shape index (κ1) is 12.4. The van der Waals surface area contributed by atoms with Crippen molar-refractivity contribution in [3.8, 4) is 0 Å². The van der Waals surface area contributed by atoms with E-state index in [0.29, 0.717) is 6.61 Å². The number of allylic oxidation sites excluding steroid dienone is 1. The molecule has 0 aromatic carbocycles. The van der Waals surface area contributed by atoms with Crippen LogP contribution in [-0.4, -0.2) is 16.2 Å². The number of ketones is 1. The number of hydrogen-bond acceptors (Lipinski definition) is 2. The monoisotopic (exact) mass is 250 g/mol. The van der Waals surface area contributed by atoms with Crippen LogP contribution in [0.5, 0.6) is 0 Å². The molecule has 0 saturated heterocycles. The van der Waals surface area contributed by atoms with Gasteiger partial charge in [0.05, 0.1) is 6.61 Å². The quantitative estimate of drug-likeness (QED) is 0.438. The predicted octanol–water partition coefficient (Wildman–Crippen LogP) is 3.04. The summed E-state index contributed by atoms with van der Waals surface area (Å²) in [5.41, 5.74) is 0. The van der Waals surface area contributed by atoms with E-state index in [1.54, 1.807) is 6.92 Å². The molecule has 12 heavy (non-hydrogen) atoms. The van der Waals surface area contributed by atoms with Gasteiger partial charge in [-0.3, -0.25) is 4.79 Å². The highest BCUT2D eigenvalue weighted by molar-refractivity contribution is 6.77. The van der Waals surface area contributed by atoms with Crippen molar-refractivity contribution < 1.29 is 9.53 Å². The van der Waals surface area contributed by atoms with Gasteiger partial charge in [0.25, 0.3) is 3.79 Å². The second-order valence-electron chi connectivity index (χ2n) is 1.74. The van der Waals surface area contributed by atoms with E-state index in [1.165, 1.54) is 0 Å². The van der Waals surface area contributed by atoms with E-state index in [1.807, 2.05) is 0 Å². The van der Waals surface area contributed by atoms with Crippen molar-refractivity contribution in [3.63, 3.8) is 0 Å². The van der Waals surface area contributed by atoms with Crippen LogP contribution in [0.4, 0.5) is 0 Å². The third-order valence-electron chi connectivity index (χ3n) is 0.806. The molecule has 0 radical (unpaired) electrons. The first-order valence-corrected chi connectivity index (χ1v) is 4.50. The molecule has 0 bridgehead atoms. The van der Waals surface area contributed by atoms with Gasteiger partial charge in [-0.2, -0.15) is 0 Å². The molecule has 0 aromatic heterocycles. The molecular formula is C6H6Cl4O2. The molecule has 0 aliphatic rings. The van der Waals surface area contributed by atoms with Crippen molar-refractivity contribution in [1.82, 2.24) is 0 Å². The van der Waals surface area contributed by atoms with Gasteiger partial charge < -0.3 is 4.74 Å². The van der Waals surface area contributed by atoms with Gasteiger partial charge in [-0.15, -0.1) is 0 Å². The fraction of sp³-hybridized carbons (Fsp3) is 0.500. The number of halogens is 4. The standard InChI is InChI=1S/C6H6Cl4O2/c1-2-12-5(7)3-4(11)6(8,9)10/h3H,2H2,1H3/b5-3-. The topological polar surface area (TPSA) is 26.3 Å². The number of carbonyl (C=O) groups is 1. The van der Waals surface area contributed by atoms with Crippen molar-refractivity contribution in [1.29, 1.82) is 0 Å². The fourth-order valence-electron chi connectivity index (χ4n) is 0.364. The lowest BCUT2D eigenvalue weighted by Gasteiger charge is -2.05. The minimum atomic E-state index is -1.97. The summed E-state index contributed by atoms with van der Waals surface area (Å²) in [6, 6.07) is 0. The van der Waals surface area contributed by atoms with Crippen LogP contribution >= 0.6 is 46.4 Å². The highest BCUT2D eigenvalue weighted by Crippen LogP contribution is 2.28. The number of carbonyl (C=O) groups excluding carboxylic acids is 1. The van der Waals surface area contributed by atoms with Crippen molar-refractivity contribution >= 4 is 52.2 Å². The number of hydrogen-bond donors (Lipinski definition) is 0. The molecule has 0 amide bonds. The largest absolute Gasteiger partial charge is 0.483 e. The van der Waals surface area contributed by atoms with E-state index in [2.05, 4.69) is 0 Å². The van der Waals surface area contributed by atoms with Gasteiger partial charge in [0.1, 0.15) is 0 Å². The molecule has 0 saturated carbocycles. The predicted molar refractivity (Wildman–Crippen MR) is 50.9 cm³/mol. The lowest BCUT2D eigenvalue weighted by molar-refractivity contribution is -0.113. The summed E-state index contributed by atoms with van der Waals surface area (Å²) in [5, 5.41) is -0.0891. The Labute approximate surface area is 90.4 Å². The third kappa shape index (κ3) is 5.09. The van der Waals surface area contributed by atoms with Crippen LogP contribution in [0.15, 0.2) is 11.3 Å². The van der Waals surface area contributed by atoms with Crippen molar-refractivity contribution in [3.05, 3.63) is 11.3 Å². The maximum Gasteiger partial charge on any atom is 0.252 e. The lowest BCUT2D eigenvalue weighted by Crippen LogP contribution is -2.16. The van der Waals surface area contributed by atoms with Crippen LogP contribution in [0.25, 0.3) is 0 Å². The van der Waals surface area contributed by atoms with Gasteiger partial charge in [-0.1, -0.05) is 34.8 Å². The molecular weight excluding hydrogens is 246 g/mol. The lowest BCUT2D eigenvalue weighted by atomic mass is 10.4. The second kappa shape index (κ2) is 5.18. The Morgan fingerprint density at radius 2 is 2.00 bits per heavy atom. The van der Waals surface area contributed by atoms with Crippen LogP contribution < -0.4 is 0 Å². The highest BCUT2D eigenvalue weighted by Gasteiger charge is 2.28. The summed E-state index contributed by atoms with van der Waals surface area (Å²) in [5.74, 6) is -0.731. The Morgan fingerprint density at radius 1 is 1.50 bits per heavy atom. The molecule has 0 rings (SSSR count). The van der Waals surface area contributed by atoms with Gasteiger partial charge in [0, 0.05) is 6.08 Å². The van der Waals surface area contributed by atoms with Gasteiger partial charge in [-0.25, -0.2) is 0 Å². The summed E-state index contributed by atoms with van der Waals surface area (Å²) in [7, 11) is 0. The molecule has 0 N–H and O–H groups in total. The average molecular weight is 252 g/mol. The normalized spacial score (nSPS) is 12.9. The maximum absolute atomic E-state index is 10.9. The Kier molecular flexibility index (Phi) is 5.34. The average Bonchev–Trinajstić information content (AvgIpc) is 1.85. The molecule has 0 fully saturated rings. The van der Waals surface area contributed by atoms with E-state index in [-0.39, 0.29) is 5.22 Å². The van der Waals surface area contributed by atoms with E-state index in [4.69, 9.17) is 51.1 Å². The molecule has 0 unspecified atom stereocenters. The smallest absolute Gasteiger partial charge is 0.252 e. The van der Waals surface area contributed by atoms with Crippen LogP contribution in [0.2, 0.25) is 0 Å². The minimum Gasteiger partial charge on any atom is -0.483 e. The van der Waals surface area contributed by atoms with Crippen molar-refractivity contribution in [2.75, 3.05) is 6.61 Å².